The number of thiazole rings is 1. The Morgan fingerprint density at radius 2 is 2.04 bits per heavy atom. The van der Waals surface area contributed by atoms with Crippen LogP contribution in [-0.4, -0.2) is 49.6 Å². The second kappa shape index (κ2) is 7.28. The van der Waals surface area contributed by atoms with Gasteiger partial charge in [-0.2, -0.15) is 0 Å². The molecule has 0 radical (unpaired) electrons. The number of morpholine rings is 1. The number of nitrogens with two attached hydrogens (primary N) is 1. The lowest BCUT2D eigenvalue weighted by atomic mass is 10.0. The van der Waals surface area contributed by atoms with Gasteiger partial charge in [0.2, 0.25) is 5.91 Å². The van der Waals surface area contributed by atoms with E-state index in [1.807, 2.05) is 18.2 Å². The van der Waals surface area contributed by atoms with Crippen molar-refractivity contribution < 1.29 is 14.3 Å². The minimum atomic E-state index is -0.537. The Balaban J connectivity index is 1.58. The number of hydrogen-bond donors (Lipinski definition) is 1. The smallest absolute Gasteiger partial charge is 0.260 e. The molecule has 1 saturated heterocycles. The minimum Gasteiger partial charge on any atom is -0.378 e. The molecule has 2 amide bonds. The topological polar surface area (TPSA) is 88.8 Å². The second-order valence-electron chi connectivity index (χ2n) is 6.88. The van der Waals surface area contributed by atoms with Gasteiger partial charge in [0.15, 0.2) is 5.13 Å². The Morgan fingerprint density at radius 3 is 2.78 bits per heavy atom. The van der Waals surface area contributed by atoms with Gasteiger partial charge < -0.3 is 20.3 Å². The van der Waals surface area contributed by atoms with Gasteiger partial charge >= 0.3 is 0 Å². The Morgan fingerprint density at radius 1 is 1.30 bits per heavy atom. The Bertz CT molecular complexity index is 876. The second-order valence-corrected chi connectivity index (χ2v) is 7.85. The standard InChI is InChI=1S/C19H22N4O3S/c1-12-11-23(15-5-3-2-4-13(12)15)16(24)10-14-17(18(20)25)27-19(21-14)22-6-8-26-9-7-22/h2-5,12H,6-11H2,1H3,(H2,20,25). The van der Waals surface area contributed by atoms with Gasteiger partial charge in [-0.05, 0) is 11.6 Å². The summed E-state index contributed by atoms with van der Waals surface area (Å²) in [6, 6.07) is 7.95. The van der Waals surface area contributed by atoms with Gasteiger partial charge in [-0.25, -0.2) is 4.98 Å². The summed E-state index contributed by atoms with van der Waals surface area (Å²) >= 11 is 1.26. The average molecular weight is 386 g/mol. The van der Waals surface area contributed by atoms with Crippen molar-refractivity contribution in [1.82, 2.24) is 4.98 Å². The summed E-state index contributed by atoms with van der Waals surface area (Å²) in [6.07, 6.45) is 0.0696. The van der Waals surface area contributed by atoms with Gasteiger partial charge in [0.05, 0.1) is 25.3 Å². The molecule has 142 valence electrons. The summed E-state index contributed by atoms with van der Waals surface area (Å²) in [5, 5.41) is 0.727. The van der Waals surface area contributed by atoms with E-state index in [0.29, 0.717) is 36.2 Å². The number of ether oxygens (including phenoxy) is 1. The lowest BCUT2D eigenvalue weighted by molar-refractivity contribution is -0.118. The van der Waals surface area contributed by atoms with E-state index in [1.54, 1.807) is 4.90 Å². The van der Waals surface area contributed by atoms with E-state index in [4.69, 9.17) is 10.5 Å². The molecule has 0 bridgehead atoms. The number of carbonyl (C=O) groups excluding carboxylic acids is 2. The molecule has 1 aromatic heterocycles. The van der Waals surface area contributed by atoms with Crippen LogP contribution in [0.1, 0.15) is 33.8 Å². The molecule has 3 heterocycles. The van der Waals surface area contributed by atoms with Crippen molar-refractivity contribution in [3.63, 3.8) is 0 Å². The highest BCUT2D eigenvalue weighted by Gasteiger charge is 2.31. The molecule has 27 heavy (non-hydrogen) atoms. The maximum Gasteiger partial charge on any atom is 0.260 e. The molecule has 2 aliphatic heterocycles. The van der Waals surface area contributed by atoms with Gasteiger partial charge in [0.1, 0.15) is 4.88 Å². The molecule has 8 heteroatoms. The molecule has 2 N–H and O–H groups in total. The number of nitrogens with zero attached hydrogens (tertiary/aromatic N) is 3. The molecule has 1 unspecified atom stereocenters. The van der Waals surface area contributed by atoms with Gasteiger partial charge in [-0.1, -0.05) is 36.5 Å². The summed E-state index contributed by atoms with van der Waals surface area (Å²) < 4.78 is 5.36. The predicted molar refractivity (Wildman–Crippen MR) is 105 cm³/mol. The van der Waals surface area contributed by atoms with Crippen LogP contribution in [0.3, 0.4) is 0 Å². The SMILES string of the molecule is CC1CN(C(=O)Cc2nc(N3CCOCC3)sc2C(N)=O)c2ccccc21. The Kier molecular flexibility index (Phi) is 4.84. The van der Waals surface area contributed by atoms with Crippen LogP contribution < -0.4 is 15.5 Å². The van der Waals surface area contributed by atoms with Crippen molar-refractivity contribution in [2.24, 2.45) is 5.73 Å². The first kappa shape index (κ1) is 17.9. The Labute approximate surface area is 161 Å². The highest BCUT2D eigenvalue weighted by Crippen LogP contribution is 2.36. The van der Waals surface area contributed by atoms with Gasteiger partial charge in [0, 0.05) is 31.2 Å². The number of para-hydroxylation sites is 1. The summed E-state index contributed by atoms with van der Waals surface area (Å²) in [4.78, 5) is 33.7. The first-order valence-corrected chi connectivity index (χ1v) is 9.87. The molecule has 7 nitrogen and oxygen atoms in total. The predicted octanol–water partition coefficient (Wildman–Crippen LogP) is 1.77. The molecule has 1 fully saturated rings. The number of amides is 2. The summed E-state index contributed by atoms with van der Waals surface area (Å²) in [5.41, 5.74) is 8.14. The van der Waals surface area contributed by atoms with Gasteiger partial charge in [-0.3, -0.25) is 9.59 Å². The Hall–Kier alpha value is -2.45. The molecule has 0 spiro atoms. The maximum absolute atomic E-state index is 13.0. The average Bonchev–Trinajstić information content (AvgIpc) is 3.25. The molecule has 0 saturated carbocycles. The van der Waals surface area contributed by atoms with Crippen LogP contribution in [0.2, 0.25) is 0 Å². The van der Waals surface area contributed by atoms with E-state index in [0.717, 1.165) is 23.9 Å². The first-order chi connectivity index (χ1) is 13.0. The minimum absolute atomic E-state index is 0.0619. The molecule has 2 aliphatic rings. The number of carbonyl (C=O) groups is 2. The van der Waals surface area contributed by atoms with E-state index in [9.17, 15) is 9.59 Å². The lowest BCUT2D eigenvalue weighted by Gasteiger charge is -2.26. The number of rotatable bonds is 4. The van der Waals surface area contributed by atoms with Crippen LogP contribution in [0.15, 0.2) is 24.3 Å². The van der Waals surface area contributed by atoms with E-state index in [1.165, 1.54) is 16.9 Å². The fraction of sp³-hybridized carbons (Fsp3) is 0.421. The van der Waals surface area contributed by atoms with E-state index >= 15 is 0 Å². The van der Waals surface area contributed by atoms with Crippen LogP contribution in [0, 0.1) is 0 Å². The summed E-state index contributed by atoms with van der Waals surface area (Å²) in [7, 11) is 0. The van der Waals surface area contributed by atoms with E-state index < -0.39 is 5.91 Å². The molecule has 1 atom stereocenters. The number of aromatic nitrogens is 1. The third kappa shape index (κ3) is 3.42. The number of primary amides is 1. The van der Waals surface area contributed by atoms with Crippen molar-refractivity contribution in [2.75, 3.05) is 42.6 Å². The van der Waals surface area contributed by atoms with Crippen LogP contribution >= 0.6 is 11.3 Å². The van der Waals surface area contributed by atoms with E-state index in [-0.39, 0.29) is 12.3 Å². The summed E-state index contributed by atoms with van der Waals surface area (Å²) in [5.74, 6) is -0.307. The van der Waals surface area contributed by atoms with Crippen LogP contribution in [0.4, 0.5) is 10.8 Å². The number of hydrogen-bond acceptors (Lipinski definition) is 6. The zero-order chi connectivity index (χ0) is 19.0. The highest BCUT2D eigenvalue weighted by atomic mass is 32.1. The quantitative estimate of drug-likeness (QED) is 0.865. The fourth-order valence-corrected chi connectivity index (χ4v) is 4.62. The van der Waals surface area contributed by atoms with Crippen LogP contribution in [-0.2, 0) is 16.0 Å². The normalized spacial score (nSPS) is 19.2. The van der Waals surface area contributed by atoms with Crippen molar-refractivity contribution in [3.05, 3.63) is 40.4 Å². The highest BCUT2D eigenvalue weighted by molar-refractivity contribution is 7.17. The molecule has 1 aromatic carbocycles. The first-order valence-electron chi connectivity index (χ1n) is 9.06. The van der Waals surface area contributed by atoms with Crippen molar-refractivity contribution in [1.29, 1.82) is 0 Å². The third-order valence-corrected chi connectivity index (χ3v) is 6.20. The van der Waals surface area contributed by atoms with Crippen molar-refractivity contribution in [2.45, 2.75) is 19.3 Å². The zero-order valence-electron chi connectivity index (χ0n) is 15.2. The lowest BCUT2D eigenvalue weighted by Crippen LogP contribution is -2.36. The third-order valence-electron chi connectivity index (χ3n) is 5.03. The number of benzene rings is 1. The van der Waals surface area contributed by atoms with Crippen molar-refractivity contribution in [3.8, 4) is 0 Å². The monoisotopic (exact) mass is 386 g/mol. The van der Waals surface area contributed by atoms with Crippen molar-refractivity contribution >= 4 is 34.0 Å². The zero-order valence-corrected chi connectivity index (χ0v) is 16.0. The fourth-order valence-electron chi connectivity index (χ4n) is 3.64. The maximum atomic E-state index is 13.0. The van der Waals surface area contributed by atoms with Gasteiger partial charge in [0.25, 0.3) is 5.91 Å². The molecular weight excluding hydrogens is 364 g/mol. The number of anilines is 2. The van der Waals surface area contributed by atoms with Gasteiger partial charge in [-0.15, -0.1) is 0 Å². The molecule has 2 aromatic rings. The van der Waals surface area contributed by atoms with Crippen LogP contribution in [0.5, 0.6) is 0 Å². The summed E-state index contributed by atoms with van der Waals surface area (Å²) in [6.45, 7) is 5.45. The van der Waals surface area contributed by atoms with Crippen LogP contribution in [0.25, 0.3) is 0 Å². The molecule has 4 rings (SSSR count). The number of fused-ring (bicyclic) bond motifs is 1. The largest absolute Gasteiger partial charge is 0.378 e. The van der Waals surface area contributed by atoms with E-state index in [2.05, 4.69) is 22.9 Å². The molecular formula is C19H22N4O3S. The molecule has 0 aliphatic carbocycles.